The van der Waals surface area contributed by atoms with Crippen LogP contribution < -0.4 is 15.1 Å². The highest BCUT2D eigenvalue weighted by Crippen LogP contribution is 2.36. The maximum atomic E-state index is 13.6. The molecular weight excluding hydrogens is 504 g/mol. The summed E-state index contributed by atoms with van der Waals surface area (Å²) >= 11 is 5.86. The van der Waals surface area contributed by atoms with E-state index in [0.717, 1.165) is 18.2 Å². The average molecular weight is 529 g/mol. The fourth-order valence-corrected chi connectivity index (χ4v) is 4.72. The maximum absolute atomic E-state index is 13.6. The third-order valence-corrected chi connectivity index (χ3v) is 6.89. The summed E-state index contributed by atoms with van der Waals surface area (Å²) in [7, 11) is 1.44. The third-order valence-electron chi connectivity index (χ3n) is 6.60. The number of anilines is 2. The van der Waals surface area contributed by atoms with Gasteiger partial charge in [-0.1, -0.05) is 11.6 Å². The van der Waals surface area contributed by atoms with Crippen LogP contribution in [-0.4, -0.2) is 53.7 Å². The van der Waals surface area contributed by atoms with Gasteiger partial charge < -0.3 is 20.2 Å². The number of nitrogens with zero attached hydrogens (tertiary/aromatic N) is 3. The van der Waals surface area contributed by atoms with Gasteiger partial charge in [0.15, 0.2) is 0 Å². The highest BCUT2D eigenvalue weighted by molar-refractivity contribution is 6.31. The molecule has 0 bridgehead atoms. The third kappa shape index (κ3) is 5.41. The number of hydrogen-bond acceptors (Lipinski definition) is 5. The van der Waals surface area contributed by atoms with Crippen molar-refractivity contribution in [3.05, 3.63) is 52.4 Å². The fraction of sp³-hybridized carbons (Fsp3) is 0.458. The molecule has 7 nitrogen and oxygen atoms in total. The number of aromatic nitrogens is 1. The Morgan fingerprint density at radius 3 is 2.50 bits per heavy atom. The highest BCUT2D eigenvalue weighted by Gasteiger charge is 2.44. The van der Waals surface area contributed by atoms with Gasteiger partial charge in [-0.15, -0.1) is 0 Å². The van der Waals surface area contributed by atoms with Gasteiger partial charge in [0, 0.05) is 31.0 Å². The van der Waals surface area contributed by atoms with Crippen LogP contribution in [0.4, 0.5) is 29.1 Å². The van der Waals surface area contributed by atoms with Gasteiger partial charge in [-0.05, 0) is 56.5 Å². The molecule has 4 rings (SSSR count). The molecule has 194 valence electrons. The van der Waals surface area contributed by atoms with E-state index in [0.29, 0.717) is 12.8 Å². The first kappa shape index (κ1) is 26.2. The summed E-state index contributed by atoms with van der Waals surface area (Å²) in [5.74, 6) is -2.28. The molecule has 0 spiro atoms. The van der Waals surface area contributed by atoms with E-state index in [-0.39, 0.29) is 47.1 Å². The molecule has 36 heavy (non-hydrogen) atoms. The SMILES string of the molecule is Cc1cc(C(F)(F)F)cc(N2C[C@@H](C(=O)NC3CC(O)C3)C[C@H]2C(=O)N(C)c2ccc(F)c(Cl)c2)n1. The van der Waals surface area contributed by atoms with Crippen LogP contribution >= 0.6 is 11.6 Å². The summed E-state index contributed by atoms with van der Waals surface area (Å²) in [4.78, 5) is 33.3. The number of pyridine rings is 1. The molecule has 2 atom stereocenters. The molecule has 1 saturated heterocycles. The van der Waals surface area contributed by atoms with E-state index in [1.165, 1.54) is 35.9 Å². The molecule has 1 aliphatic carbocycles. The Hall–Kier alpha value is -2.92. The van der Waals surface area contributed by atoms with Gasteiger partial charge in [0.05, 0.1) is 22.6 Å². The van der Waals surface area contributed by atoms with Crippen molar-refractivity contribution >= 4 is 34.9 Å². The zero-order valence-electron chi connectivity index (χ0n) is 19.5. The lowest BCUT2D eigenvalue weighted by molar-refractivity contribution is -0.137. The van der Waals surface area contributed by atoms with Crippen molar-refractivity contribution in [3.8, 4) is 0 Å². The molecule has 1 aromatic heterocycles. The van der Waals surface area contributed by atoms with Crippen molar-refractivity contribution < 1.29 is 32.3 Å². The average Bonchev–Trinajstić information content (AvgIpc) is 3.23. The number of alkyl halides is 3. The van der Waals surface area contributed by atoms with E-state index < -0.39 is 41.5 Å². The van der Waals surface area contributed by atoms with Crippen molar-refractivity contribution in [2.45, 2.75) is 50.6 Å². The number of benzene rings is 1. The lowest BCUT2D eigenvalue weighted by atomic mass is 9.89. The molecule has 0 radical (unpaired) electrons. The van der Waals surface area contributed by atoms with E-state index >= 15 is 0 Å². The Morgan fingerprint density at radius 2 is 1.89 bits per heavy atom. The molecule has 1 aliphatic heterocycles. The lowest BCUT2D eigenvalue weighted by Gasteiger charge is -2.32. The van der Waals surface area contributed by atoms with Crippen LogP contribution in [0.5, 0.6) is 0 Å². The summed E-state index contributed by atoms with van der Waals surface area (Å²) in [6.45, 7) is 1.40. The van der Waals surface area contributed by atoms with Crippen molar-refractivity contribution in [3.63, 3.8) is 0 Å². The zero-order valence-corrected chi connectivity index (χ0v) is 20.3. The van der Waals surface area contributed by atoms with Crippen molar-refractivity contribution in [2.75, 3.05) is 23.4 Å². The first-order chi connectivity index (χ1) is 16.8. The minimum absolute atomic E-state index is 0.0245. The Bertz CT molecular complexity index is 1170. The molecule has 2 aliphatic rings. The van der Waals surface area contributed by atoms with Crippen LogP contribution in [0.25, 0.3) is 0 Å². The number of aliphatic hydroxyl groups excluding tert-OH is 1. The normalized spacial score (nSPS) is 23.8. The topological polar surface area (TPSA) is 85.8 Å². The van der Waals surface area contributed by atoms with Crippen LogP contribution in [0.3, 0.4) is 0 Å². The van der Waals surface area contributed by atoms with E-state index in [1.54, 1.807) is 0 Å². The van der Waals surface area contributed by atoms with Gasteiger partial charge in [0.25, 0.3) is 0 Å². The van der Waals surface area contributed by atoms with Crippen LogP contribution in [0.1, 0.15) is 30.5 Å². The second-order valence-electron chi connectivity index (χ2n) is 9.28. The number of amides is 2. The lowest BCUT2D eigenvalue weighted by Crippen LogP contribution is -2.48. The number of carbonyl (C=O) groups is 2. The molecule has 12 heteroatoms. The van der Waals surface area contributed by atoms with E-state index in [4.69, 9.17) is 11.6 Å². The number of likely N-dealkylation sites (N-methyl/N-ethyl adjacent to an activating group) is 1. The fourth-order valence-electron chi connectivity index (χ4n) is 4.54. The monoisotopic (exact) mass is 528 g/mol. The summed E-state index contributed by atoms with van der Waals surface area (Å²) in [5.41, 5.74) is -0.511. The quantitative estimate of drug-likeness (QED) is 0.578. The molecule has 0 unspecified atom stereocenters. The first-order valence-electron chi connectivity index (χ1n) is 11.4. The number of carbonyl (C=O) groups excluding carboxylic acids is 2. The van der Waals surface area contributed by atoms with Crippen molar-refractivity contribution in [2.24, 2.45) is 5.92 Å². The molecule has 2 amide bonds. The second-order valence-corrected chi connectivity index (χ2v) is 9.69. The number of rotatable bonds is 5. The minimum atomic E-state index is -4.62. The molecule has 2 heterocycles. The second kappa shape index (κ2) is 9.85. The number of nitrogens with one attached hydrogen (secondary N) is 1. The minimum Gasteiger partial charge on any atom is -0.393 e. The van der Waals surface area contributed by atoms with Gasteiger partial charge in [-0.2, -0.15) is 13.2 Å². The number of hydrogen-bond donors (Lipinski definition) is 2. The van der Waals surface area contributed by atoms with Crippen LogP contribution in [0, 0.1) is 18.7 Å². The molecule has 2 fully saturated rings. The van der Waals surface area contributed by atoms with Crippen LogP contribution in [0.2, 0.25) is 5.02 Å². The number of halogens is 5. The number of aryl methyl sites for hydroxylation is 1. The standard InChI is InChI=1S/C24H25ClF4N4O3/c1-12-5-14(24(27,28)29)7-21(30-12)33-11-13(22(35)31-15-8-17(34)9-15)6-20(33)23(36)32(2)16-3-4-19(26)18(25)10-16/h3-5,7,10,13,15,17,20,34H,6,8-9,11H2,1-2H3,(H,31,35)/t13-,15?,17?,20-/m0/s1. The molecule has 1 saturated carbocycles. The van der Waals surface area contributed by atoms with E-state index in [2.05, 4.69) is 10.3 Å². The number of aliphatic hydroxyl groups is 1. The van der Waals surface area contributed by atoms with Gasteiger partial charge in [0.2, 0.25) is 11.8 Å². The largest absolute Gasteiger partial charge is 0.416 e. The maximum Gasteiger partial charge on any atom is 0.416 e. The zero-order chi connectivity index (χ0) is 26.4. The van der Waals surface area contributed by atoms with E-state index in [9.17, 15) is 32.3 Å². The molecular formula is C24H25ClF4N4O3. The van der Waals surface area contributed by atoms with Crippen molar-refractivity contribution in [1.29, 1.82) is 0 Å². The summed E-state index contributed by atoms with van der Waals surface area (Å²) in [5, 5.41) is 12.1. The summed E-state index contributed by atoms with van der Waals surface area (Å²) < 4.78 is 54.1. The smallest absolute Gasteiger partial charge is 0.393 e. The molecule has 2 aromatic rings. The predicted molar refractivity (Wildman–Crippen MR) is 125 cm³/mol. The summed E-state index contributed by atoms with van der Waals surface area (Å²) in [6, 6.07) is 4.32. The molecule has 2 N–H and O–H groups in total. The molecule has 1 aromatic carbocycles. The Morgan fingerprint density at radius 1 is 1.19 bits per heavy atom. The first-order valence-corrected chi connectivity index (χ1v) is 11.7. The highest BCUT2D eigenvalue weighted by atomic mass is 35.5. The van der Waals surface area contributed by atoms with Crippen LogP contribution in [0.15, 0.2) is 30.3 Å². The van der Waals surface area contributed by atoms with Gasteiger partial charge in [0.1, 0.15) is 17.7 Å². The van der Waals surface area contributed by atoms with Gasteiger partial charge in [-0.3, -0.25) is 9.59 Å². The van der Waals surface area contributed by atoms with Gasteiger partial charge >= 0.3 is 6.18 Å². The van der Waals surface area contributed by atoms with Crippen molar-refractivity contribution in [1.82, 2.24) is 10.3 Å². The van der Waals surface area contributed by atoms with Gasteiger partial charge in [-0.25, -0.2) is 9.37 Å². The predicted octanol–water partition coefficient (Wildman–Crippen LogP) is 3.70. The Labute approximate surface area is 210 Å². The Balaban J connectivity index is 1.64. The summed E-state index contributed by atoms with van der Waals surface area (Å²) in [6.07, 6.45) is -4.21. The van der Waals surface area contributed by atoms with E-state index in [1.807, 2.05) is 0 Å². The van der Waals surface area contributed by atoms with Crippen LogP contribution in [-0.2, 0) is 15.8 Å². The Kier molecular flexibility index (Phi) is 7.16.